The van der Waals surface area contributed by atoms with Gasteiger partial charge in [0, 0.05) is 49.7 Å². The third kappa shape index (κ3) is 9.87. The van der Waals surface area contributed by atoms with Crippen LogP contribution < -0.4 is 30.5 Å². The van der Waals surface area contributed by atoms with Gasteiger partial charge in [0.25, 0.3) is 5.91 Å². The number of nitrogens with one attached hydrogen (secondary N) is 3. The van der Waals surface area contributed by atoms with Gasteiger partial charge in [-0.25, -0.2) is 4.98 Å². The van der Waals surface area contributed by atoms with Crippen LogP contribution >= 0.6 is 12.2 Å². The van der Waals surface area contributed by atoms with Crippen LogP contribution in [0, 0.1) is 11.3 Å². The van der Waals surface area contributed by atoms with Gasteiger partial charge in [-0.05, 0) is 86.9 Å². The number of ether oxygens (including phenoxy) is 1. The number of nitrogens with zero attached hydrogens (tertiary/aromatic N) is 6. The predicted molar refractivity (Wildman–Crippen MR) is 215 cm³/mol. The molecule has 0 spiro atoms. The lowest BCUT2D eigenvalue weighted by Gasteiger charge is -2.41. The Labute approximate surface area is 351 Å². The number of aromatic nitrogens is 1. The van der Waals surface area contributed by atoms with E-state index in [0.29, 0.717) is 40.9 Å². The van der Waals surface area contributed by atoms with E-state index in [0.717, 1.165) is 16.0 Å². The Morgan fingerprint density at radius 2 is 1.79 bits per heavy atom. The van der Waals surface area contributed by atoms with Crippen molar-refractivity contribution < 1.29 is 50.3 Å². The van der Waals surface area contributed by atoms with Gasteiger partial charge in [0.2, 0.25) is 17.7 Å². The maximum atomic E-state index is 14.4. The van der Waals surface area contributed by atoms with Gasteiger partial charge < -0.3 is 20.3 Å². The number of alkyl halides is 6. The fraction of sp³-hybridized carbons (Fsp3) is 0.425. The first-order valence-electron chi connectivity index (χ1n) is 19.2. The number of nitriles is 1. The van der Waals surface area contributed by atoms with Crippen LogP contribution in [-0.4, -0.2) is 107 Å². The molecule has 2 aromatic carbocycles. The van der Waals surface area contributed by atoms with Gasteiger partial charge in [-0.2, -0.15) is 31.6 Å². The third-order valence-electron chi connectivity index (χ3n) is 10.6. The smallest absolute Gasteiger partial charge is 0.419 e. The van der Waals surface area contributed by atoms with Gasteiger partial charge >= 0.3 is 12.4 Å². The maximum absolute atomic E-state index is 14.4. The van der Waals surface area contributed by atoms with Crippen LogP contribution in [-0.2, 0) is 31.8 Å². The monoisotopic (exact) mass is 873 g/mol. The highest BCUT2D eigenvalue weighted by molar-refractivity contribution is 7.81. The summed E-state index contributed by atoms with van der Waals surface area (Å²) in [7, 11) is 0. The largest absolute Gasteiger partial charge is 0.492 e. The number of hydrogen-bond donors (Lipinski definition) is 3. The van der Waals surface area contributed by atoms with E-state index in [9.17, 15) is 45.5 Å². The molecule has 61 heavy (non-hydrogen) atoms. The van der Waals surface area contributed by atoms with Crippen molar-refractivity contribution >= 4 is 63.7 Å². The molecule has 324 valence electrons. The van der Waals surface area contributed by atoms with Crippen LogP contribution in [0.5, 0.6) is 5.75 Å². The number of anilines is 4. The average Bonchev–Trinajstić information content (AvgIpc) is 3.37. The number of carbonyl (C=O) groups excluding carboxylic acids is 4. The number of benzene rings is 2. The molecule has 3 aliphatic heterocycles. The van der Waals surface area contributed by atoms with E-state index in [2.05, 4.69) is 20.9 Å². The number of hydrogen-bond acceptors (Lipinski definition) is 11. The second-order valence-corrected chi connectivity index (χ2v) is 15.5. The molecular weight excluding hydrogens is 833 g/mol. The molecule has 3 saturated heterocycles. The normalized spacial score (nSPS) is 20.1. The Kier molecular flexibility index (Phi) is 12.9. The molecular formula is C40H41F6N9O5S. The van der Waals surface area contributed by atoms with Gasteiger partial charge in [-0.1, -0.05) is 13.0 Å². The summed E-state index contributed by atoms with van der Waals surface area (Å²) in [5, 5.41) is 16.9. The van der Waals surface area contributed by atoms with Crippen molar-refractivity contribution in [2.45, 2.75) is 70.0 Å². The second-order valence-electron chi connectivity index (χ2n) is 15.1. The van der Waals surface area contributed by atoms with Gasteiger partial charge in [0.15, 0.2) is 10.8 Å². The Hall–Kier alpha value is -5.85. The lowest BCUT2D eigenvalue weighted by atomic mass is 10.0. The summed E-state index contributed by atoms with van der Waals surface area (Å²) in [6.07, 6.45) is -7.69. The van der Waals surface area contributed by atoms with Gasteiger partial charge in [-0.15, -0.1) is 0 Å². The number of pyridine rings is 1. The second kappa shape index (κ2) is 17.6. The number of carbonyl (C=O) groups is 4. The Balaban J connectivity index is 1.06. The topological polar surface area (TPSA) is 163 Å². The van der Waals surface area contributed by atoms with E-state index in [1.54, 1.807) is 61.2 Å². The molecule has 0 aliphatic carbocycles. The number of imide groups is 1. The minimum Gasteiger partial charge on any atom is -0.492 e. The minimum atomic E-state index is -4.91. The number of thiocarbonyl (C=S) groups is 1. The number of piperidine rings is 1. The van der Waals surface area contributed by atoms with Crippen LogP contribution in [0.1, 0.15) is 50.4 Å². The first kappa shape index (κ1) is 44.7. The van der Waals surface area contributed by atoms with Crippen molar-refractivity contribution in [2.24, 2.45) is 0 Å². The highest BCUT2D eigenvalue weighted by Crippen LogP contribution is 2.40. The molecule has 1 aromatic heterocycles. The van der Waals surface area contributed by atoms with Crippen molar-refractivity contribution in [3.05, 3.63) is 71.5 Å². The standard InChI is InChI=1S/C40H41F6N9O5S/c1-4-23-16-26(55-37(61)54(36(59)38(55,2)3)27-18-28(39(41,42)43)30(19-47)48-20-27)8-10-31(23)60-15-14-52-12-13-53(32(21-52)40(44,45)46)22-34(57)50-25-7-5-6-24(17-25)49-29-9-11-33(56)51-35(29)58/h5-8,10,16-18,20,29,32,49H,4,9,11-15,21-22H2,1-3H3,(H,50,57)(H,51,56,58). The quantitative estimate of drug-likeness (QED) is 0.124. The molecule has 0 bridgehead atoms. The molecule has 3 fully saturated rings. The summed E-state index contributed by atoms with van der Waals surface area (Å²) < 4.78 is 90.3. The average molecular weight is 874 g/mol. The zero-order chi connectivity index (χ0) is 44.4. The lowest BCUT2D eigenvalue weighted by Crippen LogP contribution is -2.60. The summed E-state index contributed by atoms with van der Waals surface area (Å²) >= 11 is 5.63. The number of rotatable bonds is 12. The molecule has 0 saturated carbocycles. The fourth-order valence-electron chi connectivity index (χ4n) is 7.43. The highest BCUT2D eigenvalue weighted by Gasteiger charge is 2.51. The van der Waals surface area contributed by atoms with E-state index in [4.69, 9.17) is 22.2 Å². The Bertz CT molecular complexity index is 2270. The van der Waals surface area contributed by atoms with Gasteiger partial charge in [-0.3, -0.25) is 39.2 Å². The van der Waals surface area contributed by atoms with Crippen molar-refractivity contribution in [2.75, 3.05) is 59.8 Å². The Morgan fingerprint density at radius 1 is 1.05 bits per heavy atom. The summed E-state index contributed by atoms with van der Waals surface area (Å²) in [6.45, 7) is 4.36. The van der Waals surface area contributed by atoms with E-state index in [1.165, 1.54) is 11.0 Å². The summed E-state index contributed by atoms with van der Waals surface area (Å²) in [6, 6.07) is 10.8. The lowest BCUT2D eigenvalue weighted by molar-refractivity contribution is -0.197. The molecule has 14 nitrogen and oxygen atoms in total. The van der Waals surface area contributed by atoms with Crippen LogP contribution in [0.2, 0.25) is 0 Å². The molecule has 3 aliphatic rings. The number of amides is 4. The summed E-state index contributed by atoms with van der Waals surface area (Å²) in [4.78, 5) is 59.0. The van der Waals surface area contributed by atoms with Crippen molar-refractivity contribution in [3.63, 3.8) is 0 Å². The van der Waals surface area contributed by atoms with E-state index in [1.807, 2.05) is 6.92 Å². The van der Waals surface area contributed by atoms with Crippen LogP contribution in [0.4, 0.5) is 49.1 Å². The zero-order valence-electron chi connectivity index (χ0n) is 33.1. The van der Waals surface area contributed by atoms with Crippen LogP contribution in [0.15, 0.2) is 54.7 Å². The van der Waals surface area contributed by atoms with Crippen molar-refractivity contribution in [1.29, 1.82) is 5.26 Å². The molecule has 3 aromatic rings. The minimum absolute atomic E-state index is 0.0216. The fourth-order valence-corrected chi connectivity index (χ4v) is 7.95. The molecule has 6 rings (SSSR count). The number of halogens is 6. The first-order valence-corrected chi connectivity index (χ1v) is 19.6. The molecule has 4 heterocycles. The Morgan fingerprint density at radius 3 is 2.46 bits per heavy atom. The first-order chi connectivity index (χ1) is 28.7. The molecule has 21 heteroatoms. The van der Waals surface area contributed by atoms with Crippen molar-refractivity contribution in [1.82, 2.24) is 20.1 Å². The maximum Gasteiger partial charge on any atom is 0.419 e. The molecule has 0 radical (unpaired) electrons. The molecule has 2 atom stereocenters. The highest BCUT2D eigenvalue weighted by atomic mass is 32.1. The SMILES string of the molecule is CCc1cc(N2C(=S)N(c3cnc(C#N)c(C(F)(F)F)c3)C(=O)C2(C)C)ccc1OCCN1CCN(CC(=O)Nc2cccc(NC3CCC(=O)NC3=O)c2)C(C(F)(F)F)C1. The number of aryl methyl sites for hydroxylation is 1. The van der Waals surface area contributed by atoms with Gasteiger partial charge in [0.1, 0.15) is 36.0 Å². The van der Waals surface area contributed by atoms with E-state index in [-0.39, 0.29) is 55.8 Å². The van der Waals surface area contributed by atoms with Crippen molar-refractivity contribution in [3.8, 4) is 11.8 Å². The summed E-state index contributed by atoms with van der Waals surface area (Å²) in [5.74, 6) is -1.69. The molecule has 2 unspecified atom stereocenters. The van der Waals surface area contributed by atoms with E-state index < -0.39 is 72.0 Å². The third-order valence-corrected chi connectivity index (χ3v) is 11.0. The van der Waals surface area contributed by atoms with Gasteiger partial charge in [0.05, 0.1) is 24.0 Å². The van der Waals surface area contributed by atoms with Crippen LogP contribution in [0.3, 0.4) is 0 Å². The van der Waals surface area contributed by atoms with Crippen LogP contribution in [0.25, 0.3) is 0 Å². The number of piperazine rings is 1. The van der Waals surface area contributed by atoms with E-state index >= 15 is 0 Å². The predicted octanol–water partition coefficient (Wildman–Crippen LogP) is 5.23. The summed E-state index contributed by atoms with van der Waals surface area (Å²) in [5.41, 5.74) is -1.86. The molecule has 3 N–H and O–H groups in total. The zero-order valence-corrected chi connectivity index (χ0v) is 33.9. The molecule has 4 amide bonds.